The van der Waals surface area contributed by atoms with Crippen LogP contribution in [0.5, 0.6) is 0 Å². The molecule has 0 fully saturated rings. The molecule has 0 radical (unpaired) electrons. The third kappa shape index (κ3) is 2.91. The summed E-state index contributed by atoms with van der Waals surface area (Å²) in [5.41, 5.74) is 4.43. The van der Waals surface area contributed by atoms with Crippen molar-refractivity contribution in [2.24, 2.45) is 0 Å². The van der Waals surface area contributed by atoms with Gasteiger partial charge in [0.25, 0.3) is 0 Å². The molecule has 1 N–H and O–H groups in total. The standard InChI is InChI=1S/C18H21NO/c1-13-7-8-15-12-16(9-10-17(15)19-13)18(20)11-14-5-3-2-4-6-14/h5,7-10,12,18,20H,2-4,6,11H2,1H3. The van der Waals surface area contributed by atoms with Crippen molar-refractivity contribution in [2.45, 2.75) is 45.1 Å². The van der Waals surface area contributed by atoms with E-state index in [1.165, 1.54) is 24.8 Å². The first-order valence-electron chi connectivity index (χ1n) is 7.46. The Morgan fingerprint density at radius 3 is 2.90 bits per heavy atom. The van der Waals surface area contributed by atoms with E-state index in [0.29, 0.717) is 0 Å². The summed E-state index contributed by atoms with van der Waals surface area (Å²) in [5.74, 6) is 0. The van der Waals surface area contributed by atoms with Gasteiger partial charge < -0.3 is 5.11 Å². The van der Waals surface area contributed by atoms with E-state index in [4.69, 9.17) is 0 Å². The number of rotatable bonds is 3. The van der Waals surface area contributed by atoms with Gasteiger partial charge >= 0.3 is 0 Å². The predicted molar refractivity (Wildman–Crippen MR) is 82.6 cm³/mol. The minimum atomic E-state index is -0.398. The van der Waals surface area contributed by atoms with E-state index < -0.39 is 6.10 Å². The van der Waals surface area contributed by atoms with Crippen LogP contribution in [0.4, 0.5) is 0 Å². The number of aliphatic hydroxyl groups is 1. The van der Waals surface area contributed by atoms with Gasteiger partial charge in [-0.05, 0) is 62.8 Å². The fourth-order valence-electron chi connectivity index (χ4n) is 2.91. The van der Waals surface area contributed by atoms with Crippen molar-refractivity contribution >= 4 is 10.9 Å². The summed E-state index contributed by atoms with van der Waals surface area (Å²) in [6.45, 7) is 2.00. The number of nitrogens with zero attached hydrogens (tertiary/aromatic N) is 1. The number of aromatic nitrogens is 1. The van der Waals surface area contributed by atoms with E-state index in [9.17, 15) is 5.11 Å². The molecule has 1 heterocycles. The van der Waals surface area contributed by atoms with Gasteiger partial charge in [0.15, 0.2) is 0 Å². The van der Waals surface area contributed by atoms with Gasteiger partial charge in [-0.25, -0.2) is 0 Å². The number of allylic oxidation sites excluding steroid dienone is 1. The maximum Gasteiger partial charge on any atom is 0.0827 e. The summed E-state index contributed by atoms with van der Waals surface area (Å²) in [6.07, 6.45) is 7.54. The van der Waals surface area contributed by atoms with Crippen molar-refractivity contribution in [3.05, 3.63) is 53.2 Å². The maximum absolute atomic E-state index is 10.4. The van der Waals surface area contributed by atoms with Gasteiger partial charge in [-0.15, -0.1) is 0 Å². The Morgan fingerprint density at radius 1 is 1.20 bits per heavy atom. The first-order valence-corrected chi connectivity index (χ1v) is 7.46. The van der Waals surface area contributed by atoms with Crippen molar-refractivity contribution < 1.29 is 5.11 Å². The lowest BCUT2D eigenvalue weighted by atomic mass is 9.92. The van der Waals surface area contributed by atoms with Crippen molar-refractivity contribution in [1.29, 1.82) is 0 Å². The monoisotopic (exact) mass is 267 g/mol. The van der Waals surface area contributed by atoms with Crippen LogP contribution in [0, 0.1) is 6.92 Å². The second-order valence-electron chi connectivity index (χ2n) is 5.73. The highest BCUT2D eigenvalue weighted by Gasteiger charge is 2.12. The SMILES string of the molecule is Cc1ccc2cc(C(O)CC3=CCCCC3)ccc2n1. The number of hydrogen-bond acceptors (Lipinski definition) is 2. The summed E-state index contributed by atoms with van der Waals surface area (Å²) >= 11 is 0. The van der Waals surface area contributed by atoms with Crippen LogP contribution in [0.2, 0.25) is 0 Å². The average molecular weight is 267 g/mol. The maximum atomic E-state index is 10.4. The minimum Gasteiger partial charge on any atom is -0.388 e. The highest BCUT2D eigenvalue weighted by molar-refractivity contribution is 5.79. The molecule has 1 atom stereocenters. The lowest BCUT2D eigenvalue weighted by Gasteiger charge is -2.17. The number of benzene rings is 1. The zero-order valence-electron chi connectivity index (χ0n) is 12.0. The Labute approximate surface area is 120 Å². The normalized spacial score (nSPS) is 17.0. The van der Waals surface area contributed by atoms with Crippen LogP contribution >= 0.6 is 0 Å². The van der Waals surface area contributed by atoms with E-state index in [1.807, 2.05) is 25.1 Å². The lowest BCUT2D eigenvalue weighted by molar-refractivity contribution is 0.176. The van der Waals surface area contributed by atoms with Gasteiger partial charge in [-0.2, -0.15) is 0 Å². The number of fused-ring (bicyclic) bond motifs is 1. The number of aliphatic hydroxyl groups excluding tert-OH is 1. The van der Waals surface area contributed by atoms with Crippen molar-refractivity contribution in [3.8, 4) is 0 Å². The third-order valence-corrected chi connectivity index (χ3v) is 4.08. The zero-order valence-corrected chi connectivity index (χ0v) is 12.0. The molecule has 2 nitrogen and oxygen atoms in total. The Bertz CT molecular complexity index is 645. The van der Waals surface area contributed by atoms with E-state index in [-0.39, 0.29) is 0 Å². The molecule has 0 saturated carbocycles. The van der Waals surface area contributed by atoms with Crippen LogP contribution in [0.1, 0.15) is 49.5 Å². The highest BCUT2D eigenvalue weighted by Crippen LogP contribution is 2.28. The molecule has 2 heteroatoms. The number of hydrogen-bond donors (Lipinski definition) is 1. The third-order valence-electron chi connectivity index (χ3n) is 4.08. The van der Waals surface area contributed by atoms with Gasteiger partial charge in [-0.1, -0.05) is 23.8 Å². The summed E-state index contributed by atoms with van der Waals surface area (Å²) in [5, 5.41) is 11.5. The molecule has 0 aliphatic heterocycles. The Morgan fingerprint density at radius 2 is 2.10 bits per heavy atom. The fraction of sp³-hybridized carbons (Fsp3) is 0.389. The van der Waals surface area contributed by atoms with Crippen LogP contribution in [0.25, 0.3) is 10.9 Å². The van der Waals surface area contributed by atoms with Crippen LogP contribution in [0.3, 0.4) is 0 Å². The molecule has 1 aliphatic carbocycles. The summed E-state index contributed by atoms with van der Waals surface area (Å²) in [6, 6.07) is 10.2. The van der Waals surface area contributed by atoms with Gasteiger partial charge in [0, 0.05) is 11.1 Å². The lowest BCUT2D eigenvalue weighted by Crippen LogP contribution is -2.02. The van der Waals surface area contributed by atoms with Gasteiger partial charge in [0.05, 0.1) is 11.6 Å². The van der Waals surface area contributed by atoms with Gasteiger partial charge in [0.1, 0.15) is 0 Å². The Hall–Kier alpha value is -1.67. The van der Waals surface area contributed by atoms with Gasteiger partial charge in [0.2, 0.25) is 0 Å². The molecule has 1 aromatic heterocycles. The van der Waals surface area contributed by atoms with E-state index in [1.54, 1.807) is 0 Å². The quantitative estimate of drug-likeness (QED) is 0.832. The highest BCUT2D eigenvalue weighted by atomic mass is 16.3. The first-order chi connectivity index (χ1) is 9.72. The molecular weight excluding hydrogens is 246 g/mol. The molecule has 104 valence electrons. The van der Waals surface area contributed by atoms with Crippen molar-refractivity contribution in [2.75, 3.05) is 0 Å². The summed E-state index contributed by atoms with van der Waals surface area (Å²) in [7, 11) is 0. The molecule has 1 aromatic carbocycles. The molecule has 20 heavy (non-hydrogen) atoms. The van der Waals surface area contributed by atoms with Crippen LogP contribution in [0.15, 0.2) is 42.0 Å². The number of pyridine rings is 1. The van der Waals surface area contributed by atoms with E-state index >= 15 is 0 Å². The molecule has 2 aromatic rings. The second kappa shape index (κ2) is 5.76. The van der Waals surface area contributed by atoms with Crippen molar-refractivity contribution in [1.82, 2.24) is 4.98 Å². The van der Waals surface area contributed by atoms with E-state index in [2.05, 4.69) is 23.2 Å². The molecular formula is C18H21NO. The Kier molecular flexibility index (Phi) is 3.83. The fourth-order valence-corrected chi connectivity index (χ4v) is 2.91. The molecule has 0 bridgehead atoms. The molecule has 3 rings (SSSR count). The summed E-state index contributed by atoms with van der Waals surface area (Å²) < 4.78 is 0. The molecule has 0 spiro atoms. The largest absolute Gasteiger partial charge is 0.388 e. The van der Waals surface area contributed by atoms with Crippen molar-refractivity contribution in [3.63, 3.8) is 0 Å². The minimum absolute atomic E-state index is 0.398. The van der Waals surface area contributed by atoms with Gasteiger partial charge in [-0.3, -0.25) is 4.98 Å². The molecule has 0 amide bonds. The molecule has 1 unspecified atom stereocenters. The first kappa shape index (κ1) is 13.3. The topological polar surface area (TPSA) is 33.1 Å². The average Bonchev–Trinajstić information content (AvgIpc) is 2.47. The Balaban J connectivity index is 1.82. The molecule has 0 saturated heterocycles. The van der Waals surface area contributed by atoms with Crippen LogP contribution < -0.4 is 0 Å². The molecule has 1 aliphatic rings. The van der Waals surface area contributed by atoms with Crippen LogP contribution in [-0.4, -0.2) is 10.1 Å². The van der Waals surface area contributed by atoms with Crippen LogP contribution in [-0.2, 0) is 0 Å². The summed E-state index contributed by atoms with van der Waals surface area (Å²) in [4.78, 5) is 4.50. The predicted octanol–water partition coefficient (Wildman–Crippen LogP) is 4.47. The van der Waals surface area contributed by atoms with E-state index in [0.717, 1.165) is 35.0 Å². The number of aryl methyl sites for hydroxylation is 1. The second-order valence-corrected chi connectivity index (χ2v) is 5.73. The smallest absolute Gasteiger partial charge is 0.0827 e. The zero-order chi connectivity index (χ0) is 13.9.